The fourth-order valence-electron chi connectivity index (χ4n) is 2.39. The molecule has 97 valence electrons. The summed E-state index contributed by atoms with van der Waals surface area (Å²) in [6, 6.07) is 8.06. The molecule has 0 unspecified atom stereocenters. The number of hydrogen-bond acceptors (Lipinski definition) is 1. The highest BCUT2D eigenvalue weighted by molar-refractivity contribution is 6.48. The molecule has 2 rings (SSSR count). The van der Waals surface area contributed by atoms with E-state index in [4.69, 9.17) is 16.0 Å². The van der Waals surface area contributed by atoms with Crippen molar-refractivity contribution in [3.05, 3.63) is 40.4 Å². The van der Waals surface area contributed by atoms with Crippen LogP contribution >= 0.6 is 11.6 Å². The van der Waals surface area contributed by atoms with Gasteiger partial charge in [0.2, 0.25) is 9.04 Å². The predicted molar refractivity (Wildman–Crippen MR) is 80.3 cm³/mol. The number of halogens is 1. The van der Waals surface area contributed by atoms with Gasteiger partial charge in [-0.05, 0) is 56.5 Å². The molecule has 1 radical (unpaired) electrons. The molecule has 18 heavy (non-hydrogen) atoms. The van der Waals surface area contributed by atoms with Gasteiger partial charge in [-0.3, -0.25) is 0 Å². The van der Waals surface area contributed by atoms with Gasteiger partial charge in [0.15, 0.2) is 0 Å². The van der Waals surface area contributed by atoms with Crippen molar-refractivity contribution in [2.24, 2.45) is 0 Å². The minimum Gasteiger partial charge on any atom is -0.414 e. The maximum atomic E-state index is 6.00. The molecule has 1 fully saturated rings. The molecule has 0 bridgehead atoms. The van der Waals surface area contributed by atoms with Gasteiger partial charge in [0.25, 0.3) is 0 Å². The van der Waals surface area contributed by atoms with E-state index in [2.05, 4.69) is 25.2 Å². The average Bonchev–Trinajstić information content (AvgIpc) is 2.31. The van der Waals surface area contributed by atoms with E-state index in [0.29, 0.717) is 6.10 Å². The molecule has 1 aliphatic carbocycles. The van der Waals surface area contributed by atoms with Crippen LogP contribution in [0.2, 0.25) is 18.1 Å². The van der Waals surface area contributed by atoms with Crippen molar-refractivity contribution in [3.63, 3.8) is 0 Å². The van der Waals surface area contributed by atoms with E-state index in [9.17, 15) is 0 Å². The number of hydrogen-bond donors (Lipinski definition) is 0. The van der Waals surface area contributed by atoms with Crippen molar-refractivity contribution >= 4 is 26.7 Å². The van der Waals surface area contributed by atoms with Crippen molar-refractivity contribution in [2.45, 2.75) is 44.9 Å². The van der Waals surface area contributed by atoms with E-state index in [1.54, 1.807) is 0 Å². The third-order valence-corrected chi connectivity index (χ3v) is 4.24. The molecule has 0 heterocycles. The maximum Gasteiger partial charge on any atom is 0.205 e. The molecule has 0 spiro atoms. The molecular formula is C15H20ClOSi. The molecule has 0 amide bonds. The van der Waals surface area contributed by atoms with Gasteiger partial charge in [0.05, 0.1) is 0 Å². The van der Waals surface area contributed by atoms with Crippen LogP contribution in [0.1, 0.15) is 31.2 Å². The Morgan fingerprint density at radius 3 is 2.61 bits per heavy atom. The second kappa shape index (κ2) is 6.55. The third kappa shape index (κ3) is 4.27. The van der Waals surface area contributed by atoms with Crippen molar-refractivity contribution in [2.75, 3.05) is 0 Å². The van der Waals surface area contributed by atoms with Gasteiger partial charge in [-0.15, -0.1) is 0 Å². The van der Waals surface area contributed by atoms with E-state index in [0.717, 1.165) is 17.9 Å². The first-order chi connectivity index (χ1) is 8.63. The highest BCUT2D eigenvalue weighted by atomic mass is 35.5. The fourth-order valence-corrected chi connectivity index (χ4v) is 3.49. The van der Waals surface area contributed by atoms with E-state index >= 15 is 0 Å². The first-order valence-electron chi connectivity index (χ1n) is 6.55. The van der Waals surface area contributed by atoms with Gasteiger partial charge >= 0.3 is 0 Å². The van der Waals surface area contributed by atoms with Gasteiger partial charge in [-0.2, -0.15) is 0 Å². The highest BCUT2D eigenvalue weighted by Gasteiger charge is 2.18. The van der Waals surface area contributed by atoms with E-state index in [1.807, 2.05) is 18.2 Å². The van der Waals surface area contributed by atoms with Crippen LogP contribution in [0.3, 0.4) is 0 Å². The van der Waals surface area contributed by atoms with Crippen LogP contribution in [0.5, 0.6) is 0 Å². The van der Waals surface area contributed by atoms with Gasteiger partial charge in [0, 0.05) is 11.1 Å². The number of rotatable bonds is 3. The zero-order valence-electron chi connectivity index (χ0n) is 11.1. The summed E-state index contributed by atoms with van der Waals surface area (Å²) in [7, 11) is -0.552. The van der Waals surface area contributed by atoms with Crippen LogP contribution in [-0.4, -0.2) is 15.1 Å². The molecule has 0 aromatic heterocycles. The second-order valence-corrected chi connectivity index (χ2v) is 7.57. The molecule has 0 aliphatic heterocycles. The van der Waals surface area contributed by atoms with Gasteiger partial charge in [-0.25, -0.2) is 0 Å². The Bertz CT molecular complexity index is 418. The van der Waals surface area contributed by atoms with Crippen LogP contribution in [0, 0.1) is 0 Å². The minimum absolute atomic E-state index is 0.491. The summed E-state index contributed by atoms with van der Waals surface area (Å²) in [5.74, 6) is 0. The summed E-state index contributed by atoms with van der Waals surface area (Å²) in [5.41, 5.74) is 2.74. The lowest BCUT2D eigenvalue weighted by molar-refractivity contribution is 0.171. The lowest BCUT2D eigenvalue weighted by Crippen LogP contribution is -2.23. The Morgan fingerprint density at radius 2 is 2.00 bits per heavy atom. The van der Waals surface area contributed by atoms with Crippen LogP contribution in [0.4, 0.5) is 0 Å². The molecule has 0 N–H and O–H groups in total. The Morgan fingerprint density at radius 1 is 1.28 bits per heavy atom. The molecule has 1 nitrogen and oxygen atoms in total. The van der Waals surface area contributed by atoms with Crippen molar-refractivity contribution in [1.29, 1.82) is 0 Å². The second-order valence-electron chi connectivity index (χ2n) is 5.08. The third-order valence-electron chi connectivity index (χ3n) is 3.20. The lowest BCUT2D eigenvalue weighted by Gasteiger charge is -2.25. The predicted octanol–water partition coefficient (Wildman–Crippen LogP) is 4.93. The van der Waals surface area contributed by atoms with Crippen LogP contribution in [0.15, 0.2) is 29.8 Å². The molecule has 1 saturated carbocycles. The van der Waals surface area contributed by atoms with Gasteiger partial charge in [0.1, 0.15) is 0 Å². The van der Waals surface area contributed by atoms with Crippen LogP contribution in [0.25, 0.3) is 6.08 Å². The van der Waals surface area contributed by atoms with Crippen LogP contribution < -0.4 is 0 Å². The SMILES string of the molecule is C[Si](C)OC1CCC(=Cc2cccc(Cl)c2)CC1. The normalized spacial score (nSPS) is 20.2. The highest BCUT2D eigenvalue weighted by Crippen LogP contribution is 2.28. The molecule has 1 aromatic carbocycles. The molecule has 1 aromatic rings. The fraction of sp³-hybridized carbons (Fsp3) is 0.467. The summed E-state index contributed by atoms with van der Waals surface area (Å²) in [4.78, 5) is 0. The summed E-state index contributed by atoms with van der Waals surface area (Å²) < 4.78 is 5.96. The first kappa shape index (κ1) is 13.8. The van der Waals surface area contributed by atoms with Gasteiger partial charge in [-0.1, -0.05) is 35.4 Å². The van der Waals surface area contributed by atoms with E-state index in [1.165, 1.54) is 24.0 Å². The van der Waals surface area contributed by atoms with Crippen molar-refractivity contribution in [1.82, 2.24) is 0 Å². The van der Waals surface area contributed by atoms with E-state index in [-0.39, 0.29) is 0 Å². The Balaban J connectivity index is 1.93. The van der Waals surface area contributed by atoms with Crippen LogP contribution in [-0.2, 0) is 4.43 Å². The summed E-state index contributed by atoms with van der Waals surface area (Å²) in [5, 5.41) is 0.811. The Hall–Kier alpha value is -0.573. The van der Waals surface area contributed by atoms with Crippen molar-refractivity contribution in [3.8, 4) is 0 Å². The zero-order valence-corrected chi connectivity index (χ0v) is 12.8. The molecular weight excluding hydrogens is 260 g/mol. The minimum atomic E-state index is -0.552. The summed E-state index contributed by atoms with van der Waals surface area (Å²) in [6.07, 6.45) is 7.43. The number of benzene rings is 1. The zero-order chi connectivity index (χ0) is 13.0. The smallest absolute Gasteiger partial charge is 0.205 e. The molecule has 0 saturated heterocycles. The van der Waals surface area contributed by atoms with E-state index < -0.39 is 9.04 Å². The maximum absolute atomic E-state index is 6.00. The summed E-state index contributed by atoms with van der Waals surface area (Å²) in [6.45, 7) is 4.42. The molecule has 1 aliphatic rings. The quantitative estimate of drug-likeness (QED) is 0.713. The first-order valence-corrected chi connectivity index (χ1v) is 9.34. The summed E-state index contributed by atoms with van der Waals surface area (Å²) >= 11 is 6.00. The lowest BCUT2D eigenvalue weighted by atomic mass is 9.91. The largest absolute Gasteiger partial charge is 0.414 e. The standard InChI is InChI=1S/C15H20ClOSi/c1-18(2)17-15-8-6-12(7-9-15)10-13-4-3-5-14(16)11-13/h3-5,10-11,15H,6-9H2,1-2H3. The topological polar surface area (TPSA) is 9.23 Å². The monoisotopic (exact) mass is 279 g/mol. The molecule has 0 atom stereocenters. The molecule has 3 heteroatoms. The number of allylic oxidation sites excluding steroid dienone is 1. The Kier molecular flexibility index (Phi) is 5.04. The van der Waals surface area contributed by atoms with Gasteiger partial charge < -0.3 is 4.43 Å². The Labute approximate surface area is 117 Å². The average molecular weight is 280 g/mol. The van der Waals surface area contributed by atoms with Crippen molar-refractivity contribution < 1.29 is 4.43 Å².